The molecule has 0 bridgehead atoms. The molecule has 22 heavy (non-hydrogen) atoms. The van der Waals surface area contributed by atoms with Crippen LogP contribution in [0.15, 0.2) is 54.7 Å². The van der Waals surface area contributed by atoms with Crippen molar-refractivity contribution in [1.29, 1.82) is 0 Å². The van der Waals surface area contributed by atoms with E-state index in [9.17, 15) is 4.79 Å². The average molecular weight is 295 g/mol. The van der Waals surface area contributed by atoms with E-state index in [1.165, 1.54) is 16.7 Å². The van der Waals surface area contributed by atoms with Crippen molar-refractivity contribution in [1.82, 2.24) is 0 Å². The Labute approximate surface area is 131 Å². The number of carboxylic acids is 1. The van der Waals surface area contributed by atoms with E-state index >= 15 is 0 Å². The standard InChI is InChI=1S/C19H21NO2/c1-13(2)20(12-16-6-5-14(3)15(4)11-16)18-9-7-17(8-10-18)19(21)22/h5-11H,1,12H2,2-4H3,(H,21,22). The van der Waals surface area contributed by atoms with Gasteiger partial charge in [0.05, 0.1) is 5.56 Å². The highest BCUT2D eigenvalue weighted by Gasteiger charge is 2.10. The Hall–Kier alpha value is -2.55. The van der Waals surface area contributed by atoms with Crippen molar-refractivity contribution in [3.63, 3.8) is 0 Å². The molecule has 0 fully saturated rings. The fourth-order valence-corrected chi connectivity index (χ4v) is 2.32. The summed E-state index contributed by atoms with van der Waals surface area (Å²) in [6.45, 7) is 10.9. The fourth-order valence-electron chi connectivity index (χ4n) is 2.32. The molecule has 0 aliphatic carbocycles. The minimum Gasteiger partial charge on any atom is -0.478 e. The van der Waals surface area contributed by atoms with Gasteiger partial charge in [-0.05, 0) is 61.7 Å². The van der Waals surface area contributed by atoms with E-state index in [4.69, 9.17) is 5.11 Å². The maximum atomic E-state index is 10.9. The van der Waals surface area contributed by atoms with E-state index < -0.39 is 5.97 Å². The van der Waals surface area contributed by atoms with E-state index in [-0.39, 0.29) is 5.56 Å². The summed E-state index contributed by atoms with van der Waals surface area (Å²) in [5.74, 6) is -0.914. The van der Waals surface area contributed by atoms with Gasteiger partial charge >= 0.3 is 5.97 Å². The molecule has 3 nitrogen and oxygen atoms in total. The van der Waals surface area contributed by atoms with E-state index in [0.717, 1.165) is 11.4 Å². The third-order valence-corrected chi connectivity index (χ3v) is 3.80. The highest BCUT2D eigenvalue weighted by Crippen LogP contribution is 2.23. The molecule has 114 valence electrons. The summed E-state index contributed by atoms with van der Waals surface area (Å²) in [6.07, 6.45) is 0. The maximum absolute atomic E-state index is 10.9. The Kier molecular flexibility index (Phi) is 4.66. The molecule has 2 aromatic carbocycles. The minimum absolute atomic E-state index is 0.289. The second-order valence-electron chi connectivity index (χ2n) is 5.59. The van der Waals surface area contributed by atoms with Crippen LogP contribution in [-0.4, -0.2) is 11.1 Å². The summed E-state index contributed by atoms with van der Waals surface area (Å²) in [5, 5.41) is 8.98. The summed E-state index contributed by atoms with van der Waals surface area (Å²) in [7, 11) is 0. The van der Waals surface area contributed by atoms with E-state index in [0.29, 0.717) is 6.54 Å². The first-order valence-electron chi connectivity index (χ1n) is 7.21. The van der Waals surface area contributed by atoms with Crippen LogP contribution in [0.2, 0.25) is 0 Å². The number of aromatic carboxylic acids is 1. The normalized spacial score (nSPS) is 10.3. The number of rotatable bonds is 5. The number of allylic oxidation sites excluding steroid dienone is 1. The van der Waals surface area contributed by atoms with Crippen LogP contribution in [0.25, 0.3) is 0 Å². The Balaban J connectivity index is 2.28. The number of carbonyl (C=O) groups is 1. The summed E-state index contributed by atoms with van der Waals surface area (Å²) in [4.78, 5) is 13.0. The molecule has 0 aromatic heterocycles. The smallest absolute Gasteiger partial charge is 0.335 e. The van der Waals surface area contributed by atoms with Gasteiger partial charge in [0.15, 0.2) is 0 Å². The van der Waals surface area contributed by atoms with Crippen LogP contribution in [-0.2, 0) is 6.54 Å². The summed E-state index contributed by atoms with van der Waals surface area (Å²) >= 11 is 0. The summed E-state index contributed by atoms with van der Waals surface area (Å²) in [6, 6.07) is 13.3. The molecule has 0 radical (unpaired) electrons. The van der Waals surface area contributed by atoms with Crippen molar-refractivity contribution >= 4 is 11.7 Å². The van der Waals surface area contributed by atoms with Gasteiger partial charge in [-0.2, -0.15) is 0 Å². The molecule has 2 aromatic rings. The quantitative estimate of drug-likeness (QED) is 0.880. The Bertz CT molecular complexity index is 702. The first-order valence-corrected chi connectivity index (χ1v) is 7.21. The van der Waals surface area contributed by atoms with Gasteiger partial charge in [0.2, 0.25) is 0 Å². The zero-order valence-corrected chi connectivity index (χ0v) is 13.3. The first-order chi connectivity index (χ1) is 10.4. The highest BCUT2D eigenvalue weighted by atomic mass is 16.4. The number of hydrogen-bond donors (Lipinski definition) is 1. The lowest BCUT2D eigenvalue weighted by molar-refractivity contribution is 0.0697. The third kappa shape index (κ3) is 3.55. The molecule has 0 heterocycles. The minimum atomic E-state index is -0.914. The zero-order valence-electron chi connectivity index (χ0n) is 13.3. The lowest BCUT2D eigenvalue weighted by atomic mass is 10.1. The molecule has 0 unspecified atom stereocenters. The van der Waals surface area contributed by atoms with E-state index in [1.54, 1.807) is 12.1 Å². The van der Waals surface area contributed by atoms with Gasteiger partial charge in [0.25, 0.3) is 0 Å². The molecule has 1 N–H and O–H groups in total. The number of benzene rings is 2. The molecular weight excluding hydrogens is 274 g/mol. The number of aryl methyl sites for hydroxylation is 2. The van der Waals surface area contributed by atoms with Crippen LogP contribution in [0.5, 0.6) is 0 Å². The molecular formula is C19H21NO2. The Morgan fingerprint density at radius 3 is 2.23 bits per heavy atom. The fraction of sp³-hybridized carbons (Fsp3) is 0.211. The molecule has 0 spiro atoms. The Morgan fingerprint density at radius 2 is 1.73 bits per heavy atom. The first kappa shape index (κ1) is 15.8. The lowest BCUT2D eigenvalue weighted by Crippen LogP contribution is -2.19. The van der Waals surface area contributed by atoms with Crippen molar-refractivity contribution in [3.8, 4) is 0 Å². The topological polar surface area (TPSA) is 40.5 Å². The number of anilines is 1. The summed E-state index contributed by atoms with van der Waals surface area (Å²) < 4.78 is 0. The highest BCUT2D eigenvalue weighted by molar-refractivity contribution is 5.88. The van der Waals surface area contributed by atoms with Crippen molar-refractivity contribution in [2.24, 2.45) is 0 Å². The van der Waals surface area contributed by atoms with Gasteiger partial charge in [-0.25, -0.2) is 4.79 Å². The Morgan fingerprint density at radius 1 is 1.09 bits per heavy atom. The molecule has 0 saturated carbocycles. The van der Waals surface area contributed by atoms with Crippen LogP contribution in [0.3, 0.4) is 0 Å². The monoisotopic (exact) mass is 295 g/mol. The van der Waals surface area contributed by atoms with Crippen LogP contribution >= 0.6 is 0 Å². The zero-order chi connectivity index (χ0) is 16.3. The van der Waals surface area contributed by atoms with Gasteiger partial charge in [0.1, 0.15) is 0 Å². The van der Waals surface area contributed by atoms with Crippen LogP contribution in [0.1, 0.15) is 34.0 Å². The molecule has 3 heteroatoms. The van der Waals surface area contributed by atoms with E-state index in [1.807, 2.05) is 19.1 Å². The third-order valence-electron chi connectivity index (χ3n) is 3.80. The van der Waals surface area contributed by atoms with Gasteiger partial charge in [-0.15, -0.1) is 0 Å². The van der Waals surface area contributed by atoms with Gasteiger partial charge in [-0.1, -0.05) is 24.8 Å². The van der Waals surface area contributed by atoms with Crippen molar-refractivity contribution in [2.75, 3.05) is 4.90 Å². The molecule has 0 aliphatic heterocycles. The van der Waals surface area contributed by atoms with Crippen molar-refractivity contribution < 1.29 is 9.90 Å². The number of carboxylic acid groups (broad SMARTS) is 1. The second-order valence-corrected chi connectivity index (χ2v) is 5.59. The maximum Gasteiger partial charge on any atom is 0.335 e. The molecule has 2 rings (SSSR count). The van der Waals surface area contributed by atoms with Crippen LogP contribution in [0.4, 0.5) is 5.69 Å². The van der Waals surface area contributed by atoms with Crippen molar-refractivity contribution in [3.05, 3.63) is 77.0 Å². The SMILES string of the molecule is C=C(C)N(Cc1ccc(C)c(C)c1)c1ccc(C(=O)O)cc1. The predicted octanol–water partition coefficient (Wildman–Crippen LogP) is 4.54. The number of nitrogens with zero attached hydrogens (tertiary/aromatic N) is 1. The van der Waals surface area contributed by atoms with Crippen LogP contribution < -0.4 is 4.90 Å². The molecule has 0 saturated heterocycles. The summed E-state index contributed by atoms with van der Waals surface area (Å²) in [5.41, 5.74) is 5.89. The van der Waals surface area contributed by atoms with Gasteiger partial charge < -0.3 is 10.0 Å². The molecule has 0 aliphatic rings. The van der Waals surface area contributed by atoms with E-state index in [2.05, 4.69) is 43.5 Å². The molecule has 0 amide bonds. The number of hydrogen-bond acceptors (Lipinski definition) is 2. The predicted molar refractivity (Wildman–Crippen MR) is 90.3 cm³/mol. The average Bonchev–Trinajstić information content (AvgIpc) is 2.48. The largest absolute Gasteiger partial charge is 0.478 e. The van der Waals surface area contributed by atoms with Gasteiger partial charge in [-0.3, -0.25) is 0 Å². The van der Waals surface area contributed by atoms with Crippen molar-refractivity contribution in [2.45, 2.75) is 27.3 Å². The van der Waals surface area contributed by atoms with Crippen LogP contribution in [0, 0.1) is 13.8 Å². The van der Waals surface area contributed by atoms with Gasteiger partial charge in [0, 0.05) is 17.9 Å². The molecule has 0 atom stereocenters. The lowest BCUT2D eigenvalue weighted by Gasteiger charge is -2.25. The second kappa shape index (κ2) is 6.48.